The molecule has 0 amide bonds. The van der Waals surface area contributed by atoms with E-state index in [0.717, 1.165) is 44.4 Å². The van der Waals surface area contributed by atoms with Gasteiger partial charge in [-0.15, -0.1) is 0 Å². The zero-order chi connectivity index (χ0) is 26.8. The molecule has 4 nitrogen and oxygen atoms in total. The number of halogens is 1. The van der Waals surface area contributed by atoms with Gasteiger partial charge < -0.3 is 8.98 Å². The molecule has 6 rings (SSSR count). The van der Waals surface area contributed by atoms with Gasteiger partial charge in [0.15, 0.2) is 0 Å². The molecule has 0 atom stereocenters. The van der Waals surface area contributed by atoms with Crippen LogP contribution in [0.15, 0.2) is 119 Å². The minimum absolute atomic E-state index is 0.253. The zero-order valence-electron chi connectivity index (χ0n) is 21.3. The maximum Gasteiger partial charge on any atom is 0.238 e. The van der Waals surface area contributed by atoms with Gasteiger partial charge in [0, 0.05) is 46.0 Å². The Morgan fingerprint density at radius 2 is 1.49 bits per heavy atom. The second kappa shape index (κ2) is 10.3. The van der Waals surface area contributed by atoms with Gasteiger partial charge in [-0.05, 0) is 36.2 Å². The maximum absolute atomic E-state index is 13.5. The molecule has 0 N–H and O–H groups in total. The van der Waals surface area contributed by atoms with Crippen LogP contribution in [0.1, 0.15) is 22.4 Å². The molecule has 39 heavy (non-hydrogen) atoms. The first-order chi connectivity index (χ1) is 19.1. The number of rotatable bonds is 6. The summed E-state index contributed by atoms with van der Waals surface area (Å²) in [5.41, 5.74) is 6.90. The standard InChI is InChI=1S/C34H24FN3O/c1-23-30(28-14-8-9-15-31(28)38(23)22-24-16-18-27(35)19-17-24)21-37-34-29(20-36)32(25-10-4-2-5-11-25)33(39-34)26-12-6-3-7-13-26/h2-19,21H,22H2,1H3. The summed E-state index contributed by atoms with van der Waals surface area (Å²) in [6, 6.07) is 36.6. The van der Waals surface area contributed by atoms with Gasteiger partial charge in [0.25, 0.3) is 0 Å². The van der Waals surface area contributed by atoms with Crippen LogP contribution in [-0.4, -0.2) is 10.8 Å². The van der Waals surface area contributed by atoms with E-state index in [1.165, 1.54) is 12.1 Å². The summed E-state index contributed by atoms with van der Waals surface area (Å²) in [7, 11) is 0. The van der Waals surface area contributed by atoms with Gasteiger partial charge in [-0.1, -0.05) is 91.0 Å². The molecule has 0 saturated heterocycles. The predicted molar refractivity (Wildman–Crippen MR) is 154 cm³/mol. The summed E-state index contributed by atoms with van der Waals surface area (Å²) >= 11 is 0. The topological polar surface area (TPSA) is 54.2 Å². The fraction of sp³-hybridized carbons (Fsp3) is 0.0588. The van der Waals surface area contributed by atoms with Crippen molar-refractivity contribution in [2.45, 2.75) is 13.5 Å². The van der Waals surface area contributed by atoms with Gasteiger partial charge in [0.2, 0.25) is 5.88 Å². The van der Waals surface area contributed by atoms with E-state index >= 15 is 0 Å². The molecule has 6 aromatic rings. The summed E-state index contributed by atoms with van der Waals surface area (Å²) < 4.78 is 22.0. The smallest absolute Gasteiger partial charge is 0.238 e. The van der Waals surface area contributed by atoms with Gasteiger partial charge in [-0.2, -0.15) is 5.26 Å². The van der Waals surface area contributed by atoms with Crippen molar-refractivity contribution in [2.75, 3.05) is 0 Å². The molecule has 2 heterocycles. The number of benzene rings is 4. The number of aliphatic imine (C=N–C) groups is 1. The van der Waals surface area contributed by atoms with E-state index in [0.29, 0.717) is 17.9 Å². The molecular weight excluding hydrogens is 485 g/mol. The second-order valence-electron chi connectivity index (χ2n) is 9.32. The van der Waals surface area contributed by atoms with E-state index in [1.807, 2.05) is 79.7 Å². The lowest BCUT2D eigenvalue weighted by atomic mass is 9.98. The van der Waals surface area contributed by atoms with Crippen LogP contribution in [0.25, 0.3) is 33.4 Å². The average molecular weight is 510 g/mol. The van der Waals surface area contributed by atoms with Gasteiger partial charge in [0.1, 0.15) is 23.2 Å². The van der Waals surface area contributed by atoms with E-state index in [4.69, 9.17) is 9.41 Å². The molecule has 4 aromatic carbocycles. The Morgan fingerprint density at radius 1 is 0.846 bits per heavy atom. The monoisotopic (exact) mass is 509 g/mol. The highest BCUT2D eigenvalue weighted by molar-refractivity contribution is 6.02. The number of nitrogens with zero attached hydrogens (tertiary/aromatic N) is 3. The van der Waals surface area contributed by atoms with E-state index in [2.05, 4.69) is 22.8 Å². The van der Waals surface area contributed by atoms with E-state index in [9.17, 15) is 9.65 Å². The SMILES string of the molecule is Cc1c(C=Nc2oc(-c3ccccc3)c(-c3ccccc3)c2C#N)c2ccccc2n1Cc1ccc(F)cc1. The molecule has 0 saturated carbocycles. The number of aromatic nitrogens is 1. The van der Waals surface area contributed by atoms with Crippen molar-refractivity contribution in [3.8, 4) is 28.5 Å². The Hall–Kier alpha value is -5.21. The van der Waals surface area contributed by atoms with Crippen LogP contribution in [0.3, 0.4) is 0 Å². The van der Waals surface area contributed by atoms with Crippen molar-refractivity contribution in [3.63, 3.8) is 0 Å². The van der Waals surface area contributed by atoms with Crippen molar-refractivity contribution in [1.29, 1.82) is 5.26 Å². The van der Waals surface area contributed by atoms with Crippen LogP contribution in [0.5, 0.6) is 0 Å². The third kappa shape index (κ3) is 4.54. The molecule has 0 aliphatic rings. The van der Waals surface area contributed by atoms with Crippen LogP contribution < -0.4 is 0 Å². The lowest BCUT2D eigenvalue weighted by Crippen LogP contribution is -2.02. The van der Waals surface area contributed by atoms with E-state index in [-0.39, 0.29) is 11.7 Å². The molecule has 5 heteroatoms. The highest BCUT2D eigenvalue weighted by Gasteiger charge is 2.23. The Kier molecular flexibility index (Phi) is 6.36. The molecule has 188 valence electrons. The van der Waals surface area contributed by atoms with Crippen molar-refractivity contribution in [3.05, 3.63) is 137 Å². The van der Waals surface area contributed by atoms with E-state index in [1.54, 1.807) is 18.3 Å². The average Bonchev–Trinajstić information content (AvgIpc) is 3.48. The summed E-state index contributed by atoms with van der Waals surface area (Å²) in [5.74, 6) is 0.628. The van der Waals surface area contributed by atoms with Crippen LogP contribution in [0, 0.1) is 24.1 Å². The summed E-state index contributed by atoms with van der Waals surface area (Å²) in [6.45, 7) is 2.64. The van der Waals surface area contributed by atoms with Crippen LogP contribution in [0.4, 0.5) is 10.3 Å². The van der Waals surface area contributed by atoms with Gasteiger partial charge in [-0.25, -0.2) is 9.38 Å². The molecule has 0 unspecified atom stereocenters. The highest BCUT2D eigenvalue weighted by Crippen LogP contribution is 2.42. The summed E-state index contributed by atoms with van der Waals surface area (Å²) in [4.78, 5) is 4.75. The van der Waals surface area contributed by atoms with Crippen LogP contribution in [-0.2, 0) is 6.54 Å². The fourth-order valence-electron chi connectivity index (χ4n) is 5.01. The minimum Gasteiger partial charge on any atom is -0.436 e. The third-order valence-corrected chi connectivity index (χ3v) is 6.94. The number of furan rings is 1. The predicted octanol–water partition coefficient (Wildman–Crippen LogP) is 8.69. The van der Waals surface area contributed by atoms with Gasteiger partial charge in [0.05, 0.1) is 0 Å². The first kappa shape index (κ1) is 24.1. The van der Waals surface area contributed by atoms with Crippen molar-refractivity contribution in [2.24, 2.45) is 4.99 Å². The Labute approximate surface area is 225 Å². The third-order valence-electron chi connectivity index (χ3n) is 6.94. The van der Waals surface area contributed by atoms with Crippen molar-refractivity contribution < 1.29 is 8.81 Å². The Morgan fingerprint density at radius 3 is 2.18 bits per heavy atom. The van der Waals surface area contributed by atoms with Crippen molar-refractivity contribution in [1.82, 2.24) is 4.57 Å². The minimum atomic E-state index is -0.253. The molecule has 0 spiro atoms. The van der Waals surface area contributed by atoms with E-state index < -0.39 is 0 Å². The highest BCUT2D eigenvalue weighted by atomic mass is 19.1. The number of fused-ring (bicyclic) bond motifs is 1. The van der Waals surface area contributed by atoms with Gasteiger partial charge in [-0.3, -0.25) is 0 Å². The fourth-order valence-corrected chi connectivity index (χ4v) is 5.01. The first-order valence-electron chi connectivity index (χ1n) is 12.7. The Balaban J connectivity index is 1.48. The summed E-state index contributed by atoms with van der Waals surface area (Å²) in [5, 5.41) is 11.3. The lowest BCUT2D eigenvalue weighted by molar-refractivity contribution is 0.593. The maximum atomic E-state index is 13.5. The lowest BCUT2D eigenvalue weighted by Gasteiger charge is -2.08. The second-order valence-corrected chi connectivity index (χ2v) is 9.32. The molecule has 0 bridgehead atoms. The first-order valence-corrected chi connectivity index (χ1v) is 12.7. The quantitative estimate of drug-likeness (QED) is 0.211. The van der Waals surface area contributed by atoms with Crippen LogP contribution in [0.2, 0.25) is 0 Å². The largest absolute Gasteiger partial charge is 0.436 e. The zero-order valence-corrected chi connectivity index (χ0v) is 21.3. The number of nitriles is 1. The molecular formula is C34H24FN3O. The molecule has 0 aliphatic heterocycles. The molecule has 0 radical (unpaired) electrons. The number of hydrogen-bond donors (Lipinski definition) is 0. The molecule has 0 fully saturated rings. The number of hydrogen-bond acceptors (Lipinski definition) is 3. The van der Waals surface area contributed by atoms with Crippen LogP contribution >= 0.6 is 0 Å². The molecule has 2 aromatic heterocycles. The molecule has 0 aliphatic carbocycles. The number of para-hydroxylation sites is 1. The Bertz CT molecular complexity index is 1840. The van der Waals surface area contributed by atoms with Crippen molar-refractivity contribution >= 4 is 23.0 Å². The normalized spacial score (nSPS) is 11.3. The van der Waals surface area contributed by atoms with Gasteiger partial charge >= 0.3 is 0 Å². The summed E-state index contributed by atoms with van der Waals surface area (Å²) in [6.07, 6.45) is 1.78.